The molecule has 0 rings (SSSR count). The molecule has 78 valence electrons. The van der Waals surface area contributed by atoms with Gasteiger partial charge in [0.2, 0.25) is 0 Å². The number of aliphatic hydroxyl groups excluding tert-OH is 1. The predicted octanol–water partition coefficient (Wildman–Crippen LogP) is -1.45. The second kappa shape index (κ2) is 5.31. The van der Waals surface area contributed by atoms with Gasteiger partial charge in [-0.3, -0.25) is 14.7 Å². The van der Waals surface area contributed by atoms with Crippen LogP contribution in [-0.2, 0) is 9.36 Å². The van der Waals surface area contributed by atoms with Crippen molar-refractivity contribution in [1.82, 2.24) is 5.32 Å². The highest BCUT2D eigenvalue weighted by Gasteiger charge is 2.20. The molecule has 0 spiro atoms. The van der Waals surface area contributed by atoms with Crippen LogP contribution in [0.1, 0.15) is 6.42 Å². The van der Waals surface area contributed by atoms with E-state index in [1.807, 2.05) is 0 Å². The minimum atomic E-state index is -4.24. The van der Waals surface area contributed by atoms with Gasteiger partial charge in [-0.15, -0.1) is 0 Å². The van der Waals surface area contributed by atoms with E-state index in [1.165, 1.54) is 0 Å². The van der Waals surface area contributed by atoms with E-state index in [0.29, 0.717) is 0 Å². The SMILES string of the molecule is O=C(O)[C@H](CCO)NCP(=O)(O)O. The zero-order chi connectivity index (χ0) is 10.5. The van der Waals surface area contributed by atoms with Crippen LogP contribution in [0.3, 0.4) is 0 Å². The van der Waals surface area contributed by atoms with E-state index in [1.54, 1.807) is 0 Å². The fourth-order valence-corrected chi connectivity index (χ4v) is 1.13. The molecule has 0 radical (unpaired) electrons. The van der Waals surface area contributed by atoms with Gasteiger partial charge in [0.15, 0.2) is 0 Å². The maximum Gasteiger partial charge on any atom is 0.339 e. The first kappa shape index (κ1) is 12.5. The average molecular weight is 213 g/mol. The van der Waals surface area contributed by atoms with Crippen molar-refractivity contribution >= 4 is 13.6 Å². The van der Waals surface area contributed by atoms with Gasteiger partial charge in [0.25, 0.3) is 0 Å². The minimum Gasteiger partial charge on any atom is -0.480 e. The van der Waals surface area contributed by atoms with Crippen LogP contribution in [0.2, 0.25) is 0 Å². The average Bonchev–Trinajstić information content (AvgIpc) is 1.95. The highest BCUT2D eigenvalue weighted by atomic mass is 31.2. The predicted molar refractivity (Wildman–Crippen MR) is 43.2 cm³/mol. The number of carboxylic acid groups (broad SMARTS) is 1. The number of aliphatic carboxylic acids is 1. The first-order valence-electron chi connectivity index (χ1n) is 3.48. The Kier molecular flexibility index (Phi) is 5.12. The number of carboxylic acids is 1. The highest BCUT2D eigenvalue weighted by Crippen LogP contribution is 2.32. The molecule has 5 N–H and O–H groups in total. The molecule has 0 amide bonds. The lowest BCUT2D eigenvalue weighted by Crippen LogP contribution is -2.37. The summed E-state index contributed by atoms with van der Waals surface area (Å²) in [5.41, 5.74) is 0. The van der Waals surface area contributed by atoms with Crippen molar-refractivity contribution < 1.29 is 29.4 Å². The summed E-state index contributed by atoms with van der Waals surface area (Å²) in [6.45, 7) is -0.356. The molecule has 1 atom stereocenters. The van der Waals surface area contributed by atoms with E-state index in [9.17, 15) is 9.36 Å². The van der Waals surface area contributed by atoms with E-state index in [0.717, 1.165) is 0 Å². The van der Waals surface area contributed by atoms with Crippen LogP contribution in [-0.4, -0.2) is 44.9 Å². The van der Waals surface area contributed by atoms with E-state index in [-0.39, 0.29) is 13.0 Å². The molecular weight excluding hydrogens is 201 g/mol. The van der Waals surface area contributed by atoms with Crippen molar-refractivity contribution in [3.63, 3.8) is 0 Å². The fraction of sp³-hybridized carbons (Fsp3) is 0.800. The molecule has 0 aromatic rings. The van der Waals surface area contributed by atoms with Gasteiger partial charge in [0.05, 0.1) is 6.29 Å². The third kappa shape index (κ3) is 6.68. The molecule has 0 aromatic carbocycles. The number of nitrogens with one attached hydrogen (secondary N) is 1. The largest absolute Gasteiger partial charge is 0.480 e. The topological polar surface area (TPSA) is 127 Å². The molecule has 0 aliphatic carbocycles. The normalized spacial score (nSPS) is 14.1. The van der Waals surface area contributed by atoms with Crippen molar-refractivity contribution in [2.24, 2.45) is 0 Å². The van der Waals surface area contributed by atoms with Crippen molar-refractivity contribution in [1.29, 1.82) is 0 Å². The molecule has 0 heterocycles. The molecule has 0 aliphatic heterocycles. The Bertz CT molecular complexity index is 213. The lowest BCUT2D eigenvalue weighted by atomic mass is 10.2. The molecule has 0 aliphatic rings. The molecule has 0 saturated heterocycles. The smallest absolute Gasteiger partial charge is 0.339 e. The van der Waals surface area contributed by atoms with Crippen molar-refractivity contribution in [3.8, 4) is 0 Å². The number of carbonyl (C=O) groups is 1. The van der Waals surface area contributed by atoms with Gasteiger partial charge < -0.3 is 20.0 Å². The molecule has 13 heavy (non-hydrogen) atoms. The third-order valence-corrected chi connectivity index (χ3v) is 1.85. The lowest BCUT2D eigenvalue weighted by Gasteiger charge is -2.13. The Balaban J connectivity index is 3.97. The molecule has 7 nitrogen and oxygen atoms in total. The van der Waals surface area contributed by atoms with Crippen molar-refractivity contribution in [2.75, 3.05) is 12.9 Å². The van der Waals surface area contributed by atoms with Gasteiger partial charge in [-0.1, -0.05) is 0 Å². The van der Waals surface area contributed by atoms with Gasteiger partial charge in [-0.05, 0) is 6.42 Å². The minimum absolute atomic E-state index is 0.0880. The van der Waals surface area contributed by atoms with Crippen LogP contribution < -0.4 is 5.32 Å². The van der Waals surface area contributed by atoms with Gasteiger partial charge in [-0.25, -0.2) is 0 Å². The first-order chi connectivity index (χ1) is 5.87. The van der Waals surface area contributed by atoms with Crippen molar-refractivity contribution in [2.45, 2.75) is 12.5 Å². The van der Waals surface area contributed by atoms with Gasteiger partial charge in [0, 0.05) is 6.61 Å². The van der Waals surface area contributed by atoms with Gasteiger partial charge >= 0.3 is 13.6 Å². The summed E-state index contributed by atoms with van der Waals surface area (Å²) in [6, 6.07) is -1.13. The molecule has 0 aromatic heterocycles. The van der Waals surface area contributed by atoms with E-state index in [4.69, 9.17) is 20.0 Å². The zero-order valence-electron chi connectivity index (χ0n) is 6.75. The van der Waals surface area contributed by atoms with Crippen LogP contribution in [0.15, 0.2) is 0 Å². The maximum absolute atomic E-state index is 10.4. The second-order valence-corrected chi connectivity index (χ2v) is 4.08. The van der Waals surface area contributed by atoms with Crippen LogP contribution in [0, 0.1) is 0 Å². The molecule has 0 fully saturated rings. The number of rotatable bonds is 6. The second-order valence-electron chi connectivity index (χ2n) is 2.43. The Morgan fingerprint density at radius 3 is 2.31 bits per heavy atom. The lowest BCUT2D eigenvalue weighted by molar-refractivity contribution is -0.139. The Morgan fingerprint density at radius 1 is 1.46 bits per heavy atom. The summed E-state index contributed by atoms with van der Waals surface area (Å²) < 4.78 is 10.3. The first-order valence-corrected chi connectivity index (χ1v) is 5.28. The fourth-order valence-electron chi connectivity index (χ4n) is 0.671. The Morgan fingerprint density at radius 2 is 2.00 bits per heavy atom. The molecule has 8 heteroatoms. The summed E-state index contributed by atoms with van der Waals surface area (Å²) in [7, 11) is -4.24. The summed E-state index contributed by atoms with van der Waals surface area (Å²) in [6.07, 6.45) is -0.792. The van der Waals surface area contributed by atoms with Crippen LogP contribution in [0.25, 0.3) is 0 Å². The van der Waals surface area contributed by atoms with Gasteiger partial charge in [0.1, 0.15) is 6.04 Å². The molecule has 0 saturated carbocycles. The van der Waals surface area contributed by atoms with E-state index in [2.05, 4.69) is 5.32 Å². The number of aliphatic hydroxyl groups is 1. The quantitative estimate of drug-likeness (QED) is 0.341. The van der Waals surface area contributed by atoms with Crippen LogP contribution in [0.4, 0.5) is 0 Å². The maximum atomic E-state index is 10.4. The van der Waals surface area contributed by atoms with Crippen molar-refractivity contribution in [3.05, 3.63) is 0 Å². The number of hydrogen-bond acceptors (Lipinski definition) is 4. The van der Waals surface area contributed by atoms with Crippen LogP contribution >= 0.6 is 7.60 Å². The summed E-state index contributed by atoms with van der Waals surface area (Å²) >= 11 is 0. The highest BCUT2D eigenvalue weighted by molar-refractivity contribution is 7.51. The van der Waals surface area contributed by atoms with E-state index < -0.39 is 25.9 Å². The summed E-state index contributed by atoms with van der Waals surface area (Å²) in [5.74, 6) is -1.25. The van der Waals surface area contributed by atoms with Crippen LogP contribution in [0.5, 0.6) is 0 Å². The Labute approximate surface area is 74.6 Å². The summed E-state index contributed by atoms with van der Waals surface area (Å²) in [4.78, 5) is 27.2. The standard InChI is InChI=1S/C5H12NO6P/c7-2-1-4(5(8)9)6-3-13(10,11)12/h4,6-7H,1-3H2,(H,8,9)(H2,10,11,12)/t4-/m0/s1. The molecular formula is C5H12NO6P. The monoisotopic (exact) mass is 213 g/mol. The summed E-state index contributed by atoms with van der Waals surface area (Å²) in [5, 5.41) is 19.0. The third-order valence-electron chi connectivity index (χ3n) is 1.26. The Hall–Kier alpha value is -0.460. The molecule has 0 unspecified atom stereocenters. The van der Waals surface area contributed by atoms with Gasteiger partial charge in [-0.2, -0.15) is 0 Å². The number of hydrogen-bond donors (Lipinski definition) is 5. The zero-order valence-corrected chi connectivity index (χ0v) is 7.65. The van der Waals surface area contributed by atoms with E-state index >= 15 is 0 Å². The molecule has 0 bridgehead atoms.